The fourth-order valence-electron chi connectivity index (χ4n) is 1.20. The zero-order valence-electron chi connectivity index (χ0n) is 10.2. The van der Waals surface area contributed by atoms with Gasteiger partial charge in [0.15, 0.2) is 0 Å². The Bertz CT molecular complexity index is 213. The molecule has 0 rings (SSSR count). The summed E-state index contributed by atoms with van der Waals surface area (Å²) in [6.45, 7) is 10.3. The van der Waals surface area contributed by atoms with E-state index in [4.69, 9.17) is 9.47 Å². The Labute approximate surface area is 101 Å². The molecule has 0 aromatic rings. The van der Waals surface area contributed by atoms with Crippen LogP contribution in [0.3, 0.4) is 0 Å². The topological polar surface area (TPSA) is 21.7 Å². The summed E-state index contributed by atoms with van der Waals surface area (Å²) >= 11 is 0. The molecule has 0 aliphatic carbocycles. The Kier molecular flexibility index (Phi) is 9.85. The van der Waals surface area contributed by atoms with E-state index >= 15 is 0 Å². The van der Waals surface area contributed by atoms with Crippen molar-refractivity contribution in [2.75, 3.05) is 33.9 Å². The van der Waals surface area contributed by atoms with E-state index < -0.39 is 0 Å². The Balaban J connectivity index is 3.79. The number of ether oxygens (including phenoxy) is 2. The van der Waals surface area contributed by atoms with Crippen LogP contribution in [0.25, 0.3) is 0 Å². The lowest BCUT2D eigenvalue weighted by molar-refractivity contribution is 0.0964. The van der Waals surface area contributed by atoms with Crippen molar-refractivity contribution in [3.05, 3.63) is 37.0 Å². The van der Waals surface area contributed by atoms with Gasteiger partial charge in [-0.1, -0.05) is 12.2 Å². The average molecular weight is 239 g/mol. The third-order valence-electron chi connectivity index (χ3n) is 1.97. The predicted octanol–water partition coefficient (Wildman–Crippen LogP) is 1.87. The standard InChI is InChI=1S/C12H21NO2Si/c1-5-7-13(8-6-2)9-10-16-11-12(14-3)15-4/h5-6,11H,1-2,7-10H2,3-4H3. The second kappa shape index (κ2) is 10.5. The maximum absolute atomic E-state index is 5.00. The van der Waals surface area contributed by atoms with Gasteiger partial charge in [0, 0.05) is 13.1 Å². The summed E-state index contributed by atoms with van der Waals surface area (Å²) < 4.78 is 10.0. The van der Waals surface area contributed by atoms with Crippen molar-refractivity contribution in [2.24, 2.45) is 0 Å². The molecule has 0 aliphatic heterocycles. The smallest absolute Gasteiger partial charge is 0.269 e. The lowest BCUT2D eigenvalue weighted by atomic mass is 10.4. The van der Waals surface area contributed by atoms with Crippen LogP contribution in [0.15, 0.2) is 37.0 Å². The van der Waals surface area contributed by atoms with Gasteiger partial charge in [0.25, 0.3) is 5.95 Å². The second-order valence-electron chi connectivity index (χ2n) is 3.16. The van der Waals surface area contributed by atoms with Gasteiger partial charge >= 0.3 is 0 Å². The minimum Gasteiger partial charge on any atom is -0.469 e. The minimum absolute atomic E-state index is 0.595. The summed E-state index contributed by atoms with van der Waals surface area (Å²) in [6, 6.07) is 1.10. The maximum atomic E-state index is 5.00. The third-order valence-corrected chi connectivity index (χ3v) is 2.92. The predicted molar refractivity (Wildman–Crippen MR) is 69.5 cm³/mol. The first kappa shape index (κ1) is 15.0. The van der Waals surface area contributed by atoms with Crippen LogP contribution in [0.2, 0.25) is 6.04 Å². The van der Waals surface area contributed by atoms with E-state index in [1.54, 1.807) is 14.2 Å². The number of methoxy groups -OCH3 is 2. The van der Waals surface area contributed by atoms with Crippen molar-refractivity contribution in [2.45, 2.75) is 6.04 Å². The fraction of sp³-hybridized carbons (Fsp3) is 0.500. The van der Waals surface area contributed by atoms with E-state index in [0.717, 1.165) is 25.7 Å². The van der Waals surface area contributed by atoms with Crippen LogP contribution in [0.1, 0.15) is 0 Å². The van der Waals surface area contributed by atoms with Crippen molar-refractivity contribution in [1.82, 2.24) is 4.90 Å². The zero-order valence-corrected chi connectivity index (χ0v) is 11.2. The van der Waals surface area contributed by atoms with Gasteiger partial charge in [-0.25, -0.2) is 0 Å². The van der Waals surface area contributed by atoms with Crippen molar-refractivity contribution in [3.8, 4) is 0 Å². The maximum Gasteiger partial charge on any atom is 0.269 e. The number of hydrogen-bond donors (Lipinski definition) is 0. The summed E-state index contributed by atoms with van der Waals surface area (Å²) in [5.41, 5.74) is 1.99. The van der Waals surface area contributed by atoms with Gasteiger partial charge in [0.1, 0.15) is 0 Å². The van der Waals surface area contributed by atoms with Crippen LogP contribution in [0.4, 0.5) is 0 Å². The van der Waals surface area contributed by atoms with E-state index in [9.17, 15) is 0 Å². The highest BCUT2D eigenvalue weighted by atomic mass is 28.2. The number of nitrogens with zero attached hydrogens (tertiary/aromatic N) is 1. The van der Waals surface area contributed by atoms with Gasteiger partial charge in [-0.2, -0.15) is 0 Å². The first-order valence-corrected chi connectivity index (χ1v) is 6.52. The molecule has 0 bridgehead atoms. The summed E-state index contributed by atoms with van der Waals surface area (Å²) in [4.78, 5) is 2.29. The van der Waals surface area contributed by atoms with Crippen LogP contribution in [0, 0.1) is 0 Å². The van der Waals surface area contributed by atoms with E-state index in [2.05, 4.69) is 18.1 Å². The van der Waals surface area contributed by atoms with Crippen molar-refractivity contribution in [3.63, 3.8) is 0 Å². The van der Waals surface area contributed by atoms with Gasteiger partial charge in [-0.3, -0.25) is 4.90 Å². The molecule has 0 aromatic carbocycles. The average Bonchev–Trinajstić information content (AvgIpc) is 2.30. The molecule has 0 saturated carbocycles. The molecule has 0 unspecified atom stereocenters. The summed E-state index contributed by atoms with van der Waals surface area (Å²) in [6.07, 6.45) is 3.83. The summed E-state index contributed by atoms with van der Waals surface area (Å²) in [7, 11) is 3.93. The molecule has 3 nitrogen and oxygen atoms in total. The Morgan fingerprint density at radius 2 is 1.75 bits per heavy atom. The summed E-state index contributed by atoms with van der Waals surface area (Å²) in [5.74, 6) is 0.595. The zero-order chi connectivity index (χ0) is 12.2. The Hall–Kier alpha value is -1.00. The quantitative estimate of drug-likeness (QED) is 0.251. The highest BCUT2D eigenvalue weighted by Crippen LogP contribution is 1.97. The highest BCUT2D eigenvalue weighted by molar-refractivity contribution is 6.42. The largest absolute Gasteiger partial charge is 0.469 e. The lowest BCUT2D eigenvalue weighted by Gasteiger charge is -2.17. The van der Waals surface area contributed by atoms with Crippen LogP contribution in [-0.4, -0.2) is 48.3 Å². The summed E-state index contributed by atoms with van der Waals surface area (Å²) in [5, 5.41) is 0. The second-order valence-corrected chi connectivity index (χ2v) is 4.36. The Morgan fingerprint density at radius 3 is 2.19 bits per heavy atom. The number of hydrogen-bond acceptors (Lipinski definition) is 3. The molecule has 0 atom stereocenters. The van der Waals surface area contributed by atoms with Gasteiger partial charge in [0.05, 0.1) is 23.7 Å². The normalized spacial score (nSPS) is 9.69. The van der Waals surface area contributed by atoms with Gasteiger partial charge in [-0.05, 0) is 18.3 Å². The van der Waals surface area contributed by atoms with E-state index in [1.165, 1.54) is 0 Å². The minimum atomic E-state index is 0.595. The van der Waals surface area contributed by atoms with Gasteiger partial charge < -0.3 is 9.47 Å². The molecular formula is C12H21NO2Si. The molecule has 0 aromatic heterocycles. The first-order valence-electron chi connectivity index (χ1n) is 5.24. The molecule has 0 fully saturated rings. The van der Waals surface area contributed by atoms with Crippen molar-refractivity contribution < 1.29 is 9.47 Å². The molecule has 0 N–H and O–H groups in total. The van der Waals surface area contributed by atoms with E-state index in [0.29, 0.717) is 15.5 Å². The molecule has 0 saturated heterocycles. The van der Waals surface area contributed by atoms with Gasteiger partial charge in [-0.15, -0.1) is 13.2 Å². The number of rotatable bonds is 10. The SMILES string of the molecule is C=CCN(CC=C)CC[Si]C=C(OC)OC. The molecule has 16 heavy (non-hydrogen) atoms. The molecule has 4 heteroatoms. The molecule has 90 valence electrons. The first-order chi connectivity index (χ1) is 7.78. The van der Waals surface area contributed by atoms with Gasteiger partial charge in [0.2, 0.25) is 0 Å². The fourth-order valence-corrected chi connectivity index (χ4v) is 2.19. The molecule has 0 amide bonds. The molecule has 0 aliphatic rings. The Morgan fingerprint density at radius 1 is 1.19 bits per heavy atom. The van der Waals surface area contributed by atoms with E-state index in [-0.39, 0.29) is 0 Å². The van der Waals surface area contributed by atoms with Crippen LogP contribution >= 0.6 is 0 Å². The lowest BCUT2D eigenvalue weighted by Crippen LogP contribution is -2.25. The molecule has 0 spiro atoms. The molecular weight excluding hydrogens is 218 g/mol. The van der Waals surface area contributed by atoms with Crippen molar-refractivity contribution in [1.29, 1.82) is 0 Å². The highest BCUT2D eigenvalue weighted by Gasteiger charge is 2.00. The van der Waals surface area contributed by atoms with Crippen LogP contribution in [-0.2, 0) is 9.47 Å². The molecule has 2 radical (unpaired) electrons. The van der Waals surface area contributed by atoms with E-state index in [1.807, 2.05) is 17.9 Å². The van der Waals surface area contributed by atoms with Crippen molar-refractivity contribution >= 4 is 9.52 Å². The van der Waals surface area contributed by atoms with Crippen LogP contribution < -0.4 is 0 Å². The molecule has 0 heterocycles. The van der Waals surface area contributed by atoms with Crippen LogP contribution in [0.5, 0.6) is 0 Å². The third kappa shape index (κ3) is 7.31. The monoisotopic (exact) mass is 239 g/mol.